The summed E-state index contributed by atoms with van der Waals surface area (Å²) in [5.41, 5.74) is 0.735. The molecule has 1 aromatic carbocycles. The Morgan fingerprint density at radius 2 is 2.18 bits per heavy atom. The molecule has 1 aromatic rings. The fraction of sp³-hybridized carbons (Fsp3) is 0.111. The molecule has 0 spiro atoms. The van der Waals surface area contributed by atoms with Crippen LogP contribution in [-0.2, 0) is 0 Å². The molecule has 0 fully saturated rings. The van der Waals surface area contributed by atoms with Crippen molar-refractivity contribution < 1.29 is 4.39 Å². The fourth-order valence-electron chi connectivity index (χ4n) is 0.718. The highest BCUT2D eigenvalue weighted by Crippen LogP contribution is 2.14. The third kappa shape index (κ3) is 1.96. The lowest BCUT2D eigenvalue weighted by Gasteiger charge is -1.93. The summed E-state index contributed by atoms with van der Waals surface area (Å²) in [6, 6.07) is 4.41. The third-order valence-electron chi connectivity index (χ3n) is 1.19. The Morgan fingerprint density at radius 1 is 1.45 bits per heavy atom. The van der Waals surface area contributed by atoms with Gasteiger partial charge in [0.05, 0.1) is 5.02 Å². The molecule has 2 heteroatoms. The summed E-state index contributed by atoms with van der Waals surface area (Å²) in [7, 11) is 0. The van der Waals surface area contributed by atoms with Crippen LogP contribution in [0.3, 0.4) is 0 Å². The summed E-state index contributed by atoms with van der Waals surface area (Å²) < 4.78 is 12.6. The lowest BCUT2D eigenvalue weighted by molar-refractivity contribution is 0.628. The van der Waals surface area contributed by atoms with Crippen molar-refractivity contribution in [1.82, 2.24) is 0 Å². The van der Waals surface area contributed by atoms with E-state index in [1.807, 2.05) is 0 Å². The molecule has 0 aromatic heterocycles. The van der Waals surface area contributed by atoms with Gasteiger partial charge in [-0.1, -0.05) is 17.5 Å². The predicted molar refractivity (Wildman–Crippen MR) is 44.0 cm³/mol. The van der Waals surface area contributed by atoms with Crippen molar-refractivity contribution in [2.75, 3.05) is 0 Å². The van der Waals surface area contributed by atoms with Gasteiger partial charge in [0.1, 0.15) is 5.82 Å². The van der Waals surface area contributed by atoms with Crippen molar-refractivity contribution in [3.63, 3.8) is 0 Å². The van der Waals surface area contributed by atoms with Gasteiger partial charge in [0.25, 0.3) is 0 Å². The fourth-order valence-corrected chi connectivity index (χ4v) is 0.899. The second kappa shape index (κ2) is 3.41. The first-order chi connectivity index (χ1) is 5.24. The Bertz CT molecular complexity index is 320. The van der Waals surface area contributed by atoms with Crippen molar-refractivity contribution in [3.05, 3.63) is 34.6 Å². The molecule has 0 atom stereocenters. The molecule has 0 N–H and O–H groups in total. The first kappa shape index (κ1) is 8.10. The van der Waals surface area contributed by atoms with Gasteiger partial charge in [0, 0.05) is 5.56 Å². The molecule has 0 saturated carbocycles. The molecule has 0 bridgehead atoms. The summed E-state index contributed by atoms with van der Waals surface area (Å²) in [6.07, 6.45) is 0. The van der Waals surface area contributed by atoms with Gasteiger partial charge >= 0.3 is 0 Å². The highest BCUT2D eigenvalue weighted by atomic mass is 35.5. The van der Waals surface area contributed by atoms with Gasteiger partial charge < -0.3 is 0 Å². The SMILES string of the molecule is CC#Cc1ccc(F)c(Cl)c1. The second-order valence-electron chi connectivity index (χ2n) is 2.00. The Morgan fingerprint density at radius 3 is 2.73 bits per heavy atom. The van der Waals surface area contributed by atoms with E-state index >= 15 is 0 Å². The van der Waals surface area contributed by atoms with Crippen LogP contribution in [0.25, 0.3) is 0 Å². The van der Waals surface area contributed by atoms with Crippen LogP contribution in [0.5, 0.6) is 0 Å². The minimum absolute atomic E-state index is 0.116. The van der Waals surface area contributed by atoms with Crippen molar-refractivity contribution >= 4 is 11.6 Å². The third-order valence-corrected chi connectivity index (χ3v) is 1.48. The first-order valence-electron chi connectivity index (χ1n) is 3.12. The summed E-state index contributed by atoms with van der Waals surface area (Å²) in [5.74, 6) is 5.07. The normalized spacial score (nSPS) is 8.64. The smallest absolute Gasteiger partial charge is 0.141 e. The van der Waals surface area contributed by atoms with E-state index in [0.29, 0.717) is 0 Å². The lowest BCUT2D eigenvalue weighted by Crippen LogP contribution is -1.78. The molecule has 0 heterocycles. The van der Waals surface area contributed by atoms with Gasteiger partial charge in [-0.15, -0.1) is 5.92 Å². The average Bonchev–Trinajstić information content (AvgIpc) is 1.98. The average molecular weight is 169 g/mol. The van der Waals surface area contributed by atoms with Crippen LogP contribution in [0.1, 0.15) is 12.5 Å². The van der Waals surface area contributed by atoms with E-state index in [4.69, 9.17) is 11.6 Å². The molecule has 0 aliphatic heterocycles. The topological polar surface area (TPSA) is 0 Å². The quantitative estimate of drug-likeness (QED) is 0.523. The molecule has 0 nitrogen and oxygen atoms in total. The van der Waals surface area contributed by atoms with Crippen molar-refractivity contribution in [1.29, 1.82) is 0 Å². The maximum Gasteiger partial charge on any atom is 0.141 e. The van der Waals surface area contributed by atoms with E-state index in [9.17, 15) is 4.39 Å². The molecular weight excluding hydrogens is 163 g/mol. The zero-order valence-corrected chi connectivity index (χ0v) is 6.74. The van der Waals surface area contributed by atoms with E-state index < -0.39 is 5.82 Å². The van der Waals surface area contributed by atoms with Gasteiger partial charge in [0.15, 0.2) is 0 Å². The van der Waals surface area contributed by atoms with Crippen LogP contribution in [-0.4, -0.2) is 0 Å². The summed E-state index contributed by atoms with van der Waals surface area (Å²) in [5, 5.41) is 0.116. The zero-order chi connectivity index (χ0) is 8.27. The van der Waals surface area contributed by atoms with Crippen molar-refractivity contribution in [2.24, 2.45) is 0 Å². The van der Waals surface area contributed by atoms with Crippen LogP contribution in [0.2, 0.25) is 5.02 Å². The van der Waals surface area contributed by atoms with E-state index in [1.54, 1.807) is 13.0 Å². The Labute approximate surface area is 70.0 Å². The van der Waals surface area contributed by atoms with E-state index in [-0.39, 0.29) is 5.02 Å². The van der Waals surface area contributed by atoms with Crippen LogP contribution < -0.4 is 0 Å². The first-order valence-corrected chi connectivity index (χ1v) is 3.49. The van der Waals surface area contributed by atoms with Gasteiger partial charge in [-0.05, 0) is 25.1 Å². The van der Waals surface area contributed by atoms with Crippen LogP contribution in [0.4, 0.5) is 4.39 Å². The monoisotopic (exact) mass is 168 g/mol. The van der Waals surface area contributed by atoms with Gasteiger partial charge in [0.2, 0.25) is 0 Å². The summed E-state index contributed by atoms with van der Waals surface area (Å²) in [4.78, 5) is 0. The Hall–Kier alpha value is -1.00. The molecule has 0 aliphatic rings. The minimum atomic E-state index is -0.409. The van der Waals surface area contributed by atoms with Crippen LogP contribution in [0, 0.1) is 17.7 Å². The molecule has 11 heavy (non-hydrogen) atoms. The molecule has 0 saturated heterocycles. The lowest BCUT2D eigenvalue weighted by atomic mass is 10.2. The van der Waals surface area contributed by atoms with Crippen LogP contribution in [0.15, 0.2) is 18.2 Å². The molecule has 0 aliphatic carbocycles. The van der Waals surface area contributed by atoms with Crippen LogP contribution >= 0.6 is 11.6 Å². The molecular formula is C9H6ClF. The largest absolute Gasteiger partial charge is 0.205 e. The molecule has 56 valence electrons. The number of rotatable bonds is 0. The highest BCUT2D eigenvalue weighted by molar-refractivity contribution is 6.30. The Kier molecular flexibility index (Phi) is 2.51. The number of hydrogen-bond donors (Lipinski definition) is 0. The van der Waals surface area contributed by atoms with E-state index in [1.165, 1.54) is 12.1 Å². The number of hydrogen-bond acceptors (Lipinski definition) is 0. The summed E-state index contributed by atoms with van der Waals surface area (Å²) >= 11 is 5.51. The van der Waals surface area contributed by atoms with Gasteiger partial charge in [-0.3, -0.25) is 0 Å². The van der Waals surface area contributed by atoms with E-state index in [0.717, 1.165) is 5.56 Å². The van der Waals surface area contributed by atoms with Gasteiger partial charge in [-0.25, -0.2) is 4.39 Å². The maximum absolute atomic E-state index is 12.6. The van der Waals surface area contributed by atoms with Gasteiger partial charge in [-0.2, -0.15) is 0 Å². The molecule has 0 radical (unpaired) electrons. The number of benzene rings is 1. The molecule has 0 unspecified atom stereocenters. The second-order valence-corrected chi connectivity index (χ2v) is 2.41. The molecule has 0 amide bonds. The summed E-state index contributed by atoms with van der Waals surface area (Å²) in [6.45, 7) is 1.72. The Balaban J connectivity index is 3.12. The zero-order valence-electron chi connectivity index (χ0n) is 5.99. The van der Waals surface area contributed by atoms with Crippen molar-refractivity contribution in [3.8, 4) is 11.8 Å². The van der Waals surface area contributed by atoms with E-state index in [2.05, 4.69) is 11.8 Å². The minimum Gasteiger partial charge on any atom is -0.205 e. The molecule has 1 rings (SSSR count). The predicted octanol–water partition coefficient (Wildman–Crippen LogP) is 2.85. The standard InChI is InChI=1S/C9H6ClF/c1-2-3-7-4-5-9(11)8(10)6-7/h4-6H,1H3. The van der Waals surface area contributed by atoms with Crippen molar-refractivity contribution in [2.45, 2.75) is 6.92 Å². The maximum atomic E-state index is 12.6. The number of halogens is 2. The highest BCUT2D eigenvalue weighted by Gasteiger charge is 1.97.